The van der Waals surface area contributed by atoms with Crippen molar-refractivity contribution in [3.05, 3.63) is 24.3 Å². The summed E-state index contributed by atoms with van der Waals surface area (Å²) < 4.78 is 4.93. The first-order chi connectivity index (χ1) is 9.92. The van der Waals surface area contributed by atoms with Crippen LogP contribution in [0.2, 0.25) is 0 Å². The summed E-state index contributed by atoms with van der Waals surface area (Å²) in [6.07, 6.45) is 0.500. The SMILES string of the molecule is CCOC(=O)[C@H](C)Nc1ccc(NC(=O)CC(C)C)cc1. The van der Waals surface area contributed by atoms with Gasteiger partial charge in [0.05, 0.1) is 6.61 Å². The number of hydrogen-bond donors (Lipinski definition) is 2. The number of amides is 1. The quantitative estimate of drug-likeness (QED) is 0.758. The minimum atomic E-state index is -0.411. The number of nitrogens with one attached hydrogen (secondary N) is 2. The van der Waals surface area contributed by atoms with Crippen LogP contribution >= 0.6 is 0 Å². The van der Waals surface area contributed by atoms with Crippen LogP contribution < -0.4 is 10.6 Å². The Balaban J connectivity index is 2.54. The molecule has 21 heavy (non-hydrogen) atoms. The molecule has 0 bridgehead atoms. The van der Waals surface area contributed by atoms with Crippen LogP contribution in [0.25, 0.3) is 0 Å². The lowest BCUT2D eigenvalue weighted by atomic mass is 10.1. The van der Waals surface area contributed by atoms with E-state index in [0.29, 0.717) is 18.9 Å². The molecule has 1 amide bonds. The second kappa shape index (κ2) is 8.29. The highest BCUT2D eigenvalue weighted by atomic mass is 16.5. The van der Waals surface area contributed by atoms with Gasteiger partial charge in [0.25, 0.3) is 0 Å². The third-order valence-electron chi connectivity index (χ3n) is 2.79. The van der Waals surface area contributed by atoms with Crippen molar-refractivity contribution in [1.29, 1.82) is 0 Å². The van der Waals surface area contributed by atoms with Crippen molar-refractivity contribution < 1.29 is 14.3 Å². The van der Waals surface area contributed by atoms with E-state index in [2.05, 4.69) is 10.6 Å². The number of esters is 1. The van der Waals surface area contributed by atoms with E-state index in [1.807, 2.05) is 26.0 Å². The molecule has 0 aliphatic rings. The molecule has 2 N–H and O–H groups in total. The van der Waals surface area contributed by atoms with E-state index in [0.717, 1.165) is 11.4 Å². The molecule has 0 saturated carbocycles. The maximum Gasteiger partial charge on any atom is 0.328 e. The summed E-state index contributed by atoms with van der Waals surface area (Å²) in [6.45, 7) is 7.90. The van der Waals surface area contributed by atoms with Crippen LogP contribution in [0, 0.1) is 5.92 Å². The van der Waals surface area contributed by atoms with Gasteiger partial charge in [0, 0.05) is 17.8 Å². The summed E-state index contributed by atoms with van der Waals surface area (Å²) in [4.78, 5) is 23.2. The van der Waals surface area contributed by atoms with Gasteiger partial charge in [-0.05, 0) is 44.0 Å². The Morgan fingerprint density at radius 3 is 2.19 bits per heavy atom. The minimum absolute atomic E-state index is 0.00519. The molecule has 1 rings (SSSR count). The molecule has 116 valence electrons. The van der Waals surface area contributed by atoms with E-state index >= 15 is 0 Å². The van der Waals surface area contributed by atoms with Crippen LogP contribution in [0.3, 0.4) is 0 Å². The third kappa shape index (κ3) is 6.29. The Morgan fingerprint density at radius 1 is 1.10 bits per heavy atom. The van der Waals surface area contributed by atoms with Gasteiger partial charge in [-0.2, -0.15) is 0 Å². The first-order valence-electron chi connectivity index (χ1n) is 7.25. The number of ether oxygens (including phenoxy) is 1. The van der Waals surface area contributed by atoms with E-state index in [1.165, 1.54) is 0 Å². The summed E-state index contributed by atoms with van der Waals surface area (Å²) in [5.41, 5.74) is 1.55. The predicted octanol–water partition coefficient (Wildman–Crippen LogP) is 3.03. The number of benzene rings is 1. The van der Waals surface area contributed by atoms with Crippen LogP contribution in [0.5, 0.6) is 0 Å². The summed E-state index contributed by atoms with van der Waals surface area (Å²) in [6, 6.07) is 6.84. The predicted molar refractivity (Wildman–Crippen MR) is 84.2 cm³/mol. The molecule has 0 unspecified atom stereocenters. The molecular formula is C16H24N2O3. The lowest BCUT2D eigenvalue weighted by molar-refractivity contribution is -0.143. The highest BCUT2D eigenvalue weighted by Crippen LogP contribution is 2.15. The van der Waals surface area contributed by atoms with Crippen LogP contribution in [0.4, 0.5) is 11.4 Å². The highest BCUT2D eigenvalue weighted by Gasteiger charge is 2.13. The fourth-order valence-electron chi connectivity index (χ4n) is 1.81. The Morgan fingerprint density at radius 2 is 1.67 bits per heavy atom. The summed E-state index contributed by atoms with van der Waals surface area (Å²) in [5, 5.41) is 5.89. The standard InChI is InChI=1S/C16H24N2O3/c1-5-21-16(20)12(4)17-13-6-8-14(9-7-13)18-15(19)10-11(2)3/h6-9,11-12,17H,5,10H2,1-4H3,(H,18,19)/t12-/m0/s1. The zero-order valence-electron chi connectivity index (χ0n) is 13.1. The van der Waals surface area contributed by atoms with Gasteiger partial charge < -0.3 is 15.4 Å². The van der Waals surface area contributed by atoms with Gasteiger partial charge in [-0.3, -0.25) is 4.79 Å². The number of rotatable bonds is 7. The molecule has 0 aliphatic heterocycles. The van der Waals surface area contributed by atoms with Gasteiger partial charge in [0.1, 0.15) is 6.04 Å². The van der Waals surface area contributed by atoms with Crippen molar-refractivity contribution >= 4 is 23.3 Å². The zero-order valence-corrected chi connectivity index (χ0v) is 13.1. The number of carbonyl (C=O) groups excluding carboxylic acids is 2. The smallest absolute Gasteiger partial charge is 0.328 e. The summed E-state index contributed by atoms with van der Waals surface area (Å²) in [5.74, 6) is 0.0498. The molecule has 0 saturated heterocycles. The van der Waals surface area contributed by atoms with E-state index in [4.69, 9.17) is 4.74 Å². The van der Waals surface area contributed by atoms with Gasteiger partial charge in [-0.25, -0.2) is 4.79 Å². The van der Waals surface area contributed by atoms with Crippen molar-refractivity contribution in [2.45, 2.75) is 40.2 Å². The average Bonchev–Trinajstić information content (AvgIpc) is 2.40. The molecule has 0 spiro atoms. The van der Waals surface area contributed by atoms with E-state index in [1.54, 1.807) is 26.0 Å². The van der Waals surface area contributed by atoms with Crippen LogP contribution in [0.15, 0.2) is 24.3 Å². The first kappa shape index (κ1) is 17.0. The molecule has 0 heterocycles. The fraction of sp³-hybridized carbons (Fsp3) is 0.500. The third-order valence-corrected chi connectivity index (χ3v) is 2.79. The molecule has 0 radical (unpaired) electrons. The number of carbonyl (C=O) groups is 2. The second-order valence-corrected chi connectivity index (χ2v) is 5.34. The van der Waals surface area contributed by atoms with Gasteiger partial charge in [-0.1, -0.05) is 13.8 Å². The monoisotopic (exact) mass is 292 g/mol. The Hall–Kier alpha value is -2.04. The number of hydrogen-bond acceptors (Lipinski definition) is 4. The van der Waals surface area contributed by atoms with Crippen molar-refractivity contribution in [3.8, 4) is 0 Å². The molecular weight excluding hydrogens is 268 g/mol. The van der Waals surface area contributed by atoms with E-state index < -0.39 is 6.04 Å². The molecule has 1 aromatic rings. The molecule has 0 fully saturated rings. The lowest BCUT2D eigenvalue weighted by Crippen LogP contribution is -2.28. The lowest BCUT2D eigenvalue weighted by Gasteiger charge is -2.14. The van der Waals surface area contributed by atoms with Gasteiger partial charge in [0.15, 0.2) is 0 Å². The first-order valence-corrected chi connectivity index (χ1v) is 7.25. The normalized spacial score (nSPS) is 11.9. The van der Waals surface area contributed by atoms with Crippen molar-refractivity contribution in [2.75, 3.05) is 17.2 Å². The second-order valence-electron chi connectivity index (χ2n) is 5.34. The largest absolute Gasteiger partial charge is 0.464 e. The Labute approximate surface area is 126 Å². The van der Waals surface area contributed by atoms with Crippen molar-refractivity contribution in [2.24, 2.45) is 5.92 Å². The molecule has 1 aromatic carbocycles. The molecule has 0 aromatic heterocycles. The zero-order chi connectivity index (χ0) is 15.8. The Kier molecular flexibility index (Phi) is 6.72. The molecule has 5 heteroatoms. The van der Waals surface area contributed by atoms with Crippen LogP contribution in [0.1, 0.15) is 34.1 Å². The average molecular weight is 292 g/mol. The summed E-state index contributed by atoms with van der Waals surface area (Å²) in [7, 11) is 0. The topological polar surface area (TPSA) is 67.4 Å². The molecule has 0 aliphatic carbocycles. The van der Waals surface area contributed by atoms with Crippen LogP contribution in [-0.2, 0) is 14.3 Å². The molecule has 1 atom stereocenters. The minimum Gasteiger partial charge on any atom is -0.464 e. The fourth-order valence-corrected chi connectivity index (χ4v) is 1.81. The molecule has 5 nitrogen and oxygen atoms in total. The Bertz CT molecular complexity index is 469. The maximum absolute atomic E-state index is 11.7. The van der Waals surface area contributed by atoms with Crippen molar-refractivity contribution in [1.82, 2.24) is 0 Å². The van der Waals surface area contributed by atoms with Crippen LogP contribution in [-0.4, -0.2) is 24.5 Å². The van der Waals surface area contributed by atoms with E-state index in [-0.39, 0.29) is 11.9 Å². The highest BCUT2D eigenvalue weighted by molar-refractivity contribution is 5.91. The van der Waals surface area contributed by atoms with Gasteiger partial charge in [0.2, 0.25) is 5.91 Å². The summed E-state index contributed by atoms with van der Waals surface area (Å²) >= 11 is 0. The van der Waals surface area contributed by atoms with E-state index in [9.17, 15) is 9.59 Å². The maximum atomic E-state index is 11.7. The number of anilines is 2. The van der Waals surface area contributed by atoms with Crippen molar-refractivity contribution in [3.63, 3.8) is 0 Å². The van der Waals surface area contributed by atoms with Gasteiger partial charge >= 0.3 is 5.97 Å². The van der Waals surface area contributed by atoms with Gasteiger partial charge in [-0.15, -0.1) is 0 Å².